The van der Waals surface area contributed by atoms with Crippen molar-refractivity contribution in [3.8, 4) is 6.07 Å². The topological polar surface area (TPSA) is 47.3 Å². The van der Waals surface area contributed by atoms with Gasteiger partial charge in [0.2, 0.25) is 5.91 Å². The van der Waals surface area contributed by atoms with Gasteiger partial charge in [-0.25, -0.2) is 0 Å². The molecule has 5 heteroatoms. The Kier molecular flexibility index (Phi) is 4.13. The Morgan fingerprint density at radius 2 is 1.63 bits per heavy atom. The van der Waals surface area contributed by atoms with Crippen LogP contribution < -0.4 is 4.90 Å². The Hall–Kier alpha value is -1.73. The van der Waals surface area contributed by atoms with Crippen molar-refractivity contribution >= 4 is 23.2 Å². The molecule has 1 aromatic carbocycles. The highest BCUT2D eigenvalue weighted by Gasteiger charge is 2.55. The number of amides is 1. The third-order valence-corrected chi connectivity index (χ3v) is 7.71. The summed E-state index contributed by atoms with van der Waals surface area (Å²) in [6.07, 6.45) is 7.50. The monoisotopic (exact) mass is 383 g/mol. The van der Waals surface area contributed by atoms with Gasteiger partial charge in [0.05, 0.1) is 16.7 Å². The number of anilines is 1. The minimum Gasteiger partial charge on any atom is -0.367 e. The standard InChI is InChI=1S/C22H26ClN3O/c23-19-1-2-20(18(10-19)14-24)25-3-5-26(6-4-25)21(27)22-11-15-7-16(12-22)9-17(8-15)13-22/h1-2,10,15-17H,3-9,11-13H2. The van der Waals surface area contributed by atoms with E-state index in [2.05, 4.69) is 15.9 Å². The quantitative estimate of drug-likeness (QED) is 0.773. The van der Waals surface area contributed by atoms with E-state index in [1.807, 2.05) is 12.1 Å². The van der Waals surface area contributed by atoms with Crippen LogP contribution in [0.2, 0.25) is 5.02 Å². The summed E-state index contributed by atoms with van der Waals surface area (Å²) < 4.78 is 0. The van der Waals surface area contributed by atoms with E-state index in [4.69, 9.17) is 11.6 Å². The summed E-state index contributed by atoms with van der Waals surface area (Å²) in [7, 11) is 0. The van der Waals surface area contributed by atoms with Crippen molar-refractivity contribution in [3.05, 3.63) is 28.8 Å². The molecular formula is C22H26ClN3O. The van der Waals surface area contributed by atoms with Gasteiger partial charge >= 0.3 is 0 Å². The van der Waals surface area contributed by atoms with Gasteiger partial charge in [0.1, 0.15) is 6.07 Å². The van der Waals surface area contributed by atoms with Crippen LogP contribution in [-0.4, -0.2) is 37.0 Å². The second kappa shape index (κ2) is 6.41. The Morgan fingerprint density at radius 1 is 1.04 bits per heavy atom. The number of nitriles is 1. The molecule has 0 spiro atoms. The first kappa shape index (κ1) is 17.4. The molecule has 4 aliphatic carbocycles. The Balaban J connectivity index is 1.29. The van der Waals surface area contributed by atoms with Crippen LogP contribution in [-0.2, 0) is 4.79 Å². The average molecular weight is 384 g/mol. The number of rotatable bonds is 2. The maximum absolute atomic E-state index is 13.5. The van der Waals surface area contributed by atoms with E-state index in [-0.39, 0.29) is 5.41 Å². The number of piperazine rings is 1. The summed E-state index contributed by atoms with van der Waals surface area (Å²) in [5.74, 6) is 2.83. The van der Waals surface area contributed by atoms with Crippen molar-refractivity contribution in [1.29, 1.82) is 5.26 Å². The molecule has 1 heterocycles. The molecule has 5 aliphatic rings. The lowest BCUT2D eigenvalue weighted by Gasteiger charge is -2.57. The van der Waals surface area contributed by atoms with Crippen molar-refractivity contribution in [1.82, 2.24) is 4.90 Å². The largest absolute Gasteiger partial charge is 0.367 e. The second-order valence-corrected chi connectivity index (χ2v) is 9.69. The molecule has 1 aromatic rings. The second-order valence-electron chi connectivity index (χ2n) is 9.25. The normalized spacial score (nSPS) is 34.6. The van der Waals surface area contributed by atoms with E-state index in [9.17, 15) is 10.1 Å². The van der Waals surface area contributed by atoms with Crippen LogP contribution in [0.25, 0.3) is 0 Å². The molecule has 0 radical (unpaired) electrons. The highest BCUT2D eigenvalue weighted by molar-refractivity contribution is 6.30. The first-order valence-electron chi connectivity index (χ1n) is 10.3. The smallest absolute Gasteiger partial charge is 0.228 e. The number of carbonyl (C=O) groups is 1. The third kappa shape index (κ3) is 2.91. The minimum absolute atomic E-state index is 0.0466. The SMILES string of the molecule is N#Cc1cc(Cl)ccc1N1CCN(C(=O)C23CC4CC(CC(C4)C2)C3)CC1. The van der Waals surface area contributed by atoms with Gasteiger partial charge in [-0.1, -0.05) is 11.6 Å². The third-order valence-electron chi connectivity index (χ3n) is 7.48. The first-order valence-corrected chi connectivity index (χ1v) is 10.7. The van der Waals surface area contributed by atoms with Gasteiger partial charge in [-0.2, -0.15) is 5.26 Å². The van der Waals surface area contributed by atoms with Gasteiger partial charge in [0.15, 0.2) is 0 Å². The van der Waals surface area contributed by atoms with Crippen molar-refractivity contribution in [2.45, 2.75) is 38.5 Å². The fourth-order valence-electron chi connectivity index (χ4n) is 6.73. The fourth-order valence-corrected chi connectivity index (χ4v) is 6.90. The number of halogens is 1. The van der Waals surface area contributed by atoms with Gasteiger partial charge in [0, 0.05) is 31.2 Å². The van der Waals surface area contributed by atoms with E-state index >= 15 is 0 Å². The Morgan fingerprint density at radius 3 is 2.19 bits per heavy atom. The highest BCUT2D eigenvalue weighted by Crippen LogP contribution is 2.60. The molecule has 1 aliphatic heterocycles. The van der Waals surface area contributed by atoms with Gasteiger partial charge in [-0.05, 0) is 74.5 Å². The van der Waals surface area contributed by atoms with Crippen molar-refractivity contribution in [2.75, 3.05) is 31.1 Å². The maximum atomic E-state index is 13.5. The van der Waals surface area contributed by atoms with Gasteiger partial charge in [0.25, 0.3) is 0 Å². The average Bonchev–Trinajstić information content (AvgIpc) is 2.66. The molecule has 1 saturated heterocycles. The number of hydrogen-bond donors (Lipinski definition) is 0. The summed E-state index contributed by atoms with van der Waals surface area (Å²) >= 11 is 6.03. The van der Waals surface area contributed by atoms with Crippen LogP contribution in [0.15, 0.2) is 18.2 Å². The lowest BCUT2D eigenvalue weighted by Crippen LogP contribution is -2.58. The van der Waals surface area contributed by atoms with Crippen LogP contribution in [0.4, 0.5) is 5.69 Å². The molecule has 1 amide bonds. The van der Waals surface area contributed by atoms with Gasteiger partial charge < -0.3 is 9.80 Å². The fraction of sp³-hybridized carbons (Fsp3) is 0.636. The van der Waals surface area contributed by atoms with Crippen molar-refractivity contribution in [2.24, 2.45) is 23.2 Å². The molecular weight excluding hydrogens is 358 g/mol. The Labute approximate surface area is 166 Å². The van der Waals surface area contributed by atoms with E-state index in [1.165, 1.54) is 19.3 Å². The molecule has 0 N–H and O–H groups in total. The first-order chi connectivity index (χ1) is 13.1. The van der Waals surface area contributed by atoms with Gasteiger partial charge in [-0.3, -0.25) is 4.79 Å². The van der Waals surface area contributed by atoms with E-state index in [0.29, 0.717) is 16.5 Å². The highest BCUT2D eigenvalue weighted by atomic mass is 35.5. The molecule has 0 atom stereocenters. The summed E-state index contributed by atoms with van der Waals surface area (Å²) in [5, 5.41) is 10.00. The molecule has 0 aromatic heterocycles. The summed E-state index contributed by atoms with van der Waals surface area (Å²) in [6, 6.07) is 7.74. The molecule has 142 valence electrons. The van der Waals surface area contributed by atoms with Crippen molar-refractivity contribution < 1.29 is 4.79 Å². The number of nitrogens with zero attached hydrogens (tertiary/aromatic N) is 3. The number of hydrogen-bond acceptors (Lipinski definition) is 3. The lowest BCUT2D eigenvalue weighted by molar-refractivity contribution is -0.158. The summed E-state index contributed by atoms with van der Waals surface area (Å²) in [6.45, 7) is 3.09. The summed E-state index contributed by atoms with van der Waals surface area (Å²) in [5.41, 5.74) is 1.50. The molecule has 4 bridgehead atoms. The minimum atomic E-state index is -0.0466. The predicted molar refractivity (Wildman–Crippen MR) is 106 cm³/mol. The molecule has 6 rings (SSSR count). The van der Waals surface area contributed by atoms with Crippen LogP contribution in [0, 0.1) is 34.5 Å². The maximum Gasteiger partial charge on any atom is 0.228 e. The summed E-state index contributed by atoms with van der Waals surface area (Å²) in [4.78, 5) is 17.8. The van der Waals surface area contributed by atoms with E-state index in [0.717, 1.165) is 68.9 Å². The number of benzene rings is 1. The zero-order valence-corrected chi connectivity index (χ0v) is 16.4. The molecule has 4 nitrogen and oxygen atoms in total. The van der Waals surface area contributed by atoms with E-state index in [1.54, 1.807) is 6.07 Å². The molecule has 27 heavy (non-hydrogen) atoms. The zero-order chi connectivity index (χ0) is 18.6. The lowest BCUT2D eigenvalue weighted by atomic mass is 9.49. The van der Waals surface area contributed by atoms with Crippen LogP contribution in [0.5, 0.6) is 0 Å². The molecule has 5 fully saturated rings. The van der Waals surface area contributed by atoms with E-state index < -0.39 is 0 Å². The van der Waals surface area contributed by atoms with Crippen molar-refractivity contribution in [3.63, 3.8) is 0 Å². The molecule has 4 saturated carbocycles. The predicted octanol–water partition coefficient (Wildman–Crippen LogP) is 4.08. The number of carbonyl (C=O) groups excluding carboxylic acids is 1. The van der Waals surface area contributed by atoms with Crippen LogP contribution in [0.3, 0.4) is 0 Å². The molecule has 0 unspecified atom stereocenters. The van der Waals surface area contributed by atoms with Gasteiger partial charge in [-0.15, -0.1) is 0 Å². The van der Waals surface area contributed by atoms with Crippen LogP contribution in [0.1, 0.15) is 44.1 Å². The zero-order valence-electron chi connectivity index (χ0n) is 15.7. The van der Waals surface area contributed by atoms with Crippen LogP contribution >= 0.6 is 11.6 Å². The Bertz CT molecular complexity index is 771.